The van der Waals surface area contributed by atoms with E-state index in [9.17, 15) is 18.0 Å². The summed E-state index contributed by atoms with van der Waals surface area (Å²) in [4.78, 5) is 16.1. The van der Waals surface area contributed by atoms with Gasteiger partial charge in [0.1, 0.15) is 5.69 Å². The zero-order chi connectivity index (χ0) is 15.0. The third-order valence-electron chi connectivity index (χ3n) is 3.11. The summed E-state index contributed by atoms with van der Waals surface area (Å²) < 4.78 is 40.8. The van der Waals surface area contributed by atoms with Crippen molar-refractivity contribution >= 4 is 17.5 Å². The second-order valence-electron chi connectivity index (χ2n) is 4.63. The van der Waals surface area contributed by atoms with Gasteiger partial charge in [0.05, 0.1) is 0 Å². The molecule has 0 spiro atoms. The van der Waals surface area contributed by atoms with Gasteiger partial charge in [0.2, 0.25) is 5.95 Å². The molecule has 0 atom stereocenters. The smallest absolute Gasteiger partial charge is 0.275 e. The second-order valence-corrected chi connectivity index (χ2v) is 4.63. The third kappa shape index (κ3) is 2.56. The van der Waals surface area contributed by atoms with Crippen molar-refractivity contribution in [2.24, 2.45) is 0 Å². The van der Waals surface area contributed by atoms with Gasteiger partial charge in [0.25, 0.3) is 5.91 Å². The summed E-state index contributed by atoms with van der Waals surface area (Å²) in [6, 6.07) is 1.43. The summed E-state index contributed by atoms with van der Waals surface area (Å²) in [7, 11) is 0. The van der Waals surface area contributed by atoms with E-state index in [0.717, 1.165) is 19.5 Å². The number of aryl methyl sites for hydroxylation is 1. The van der Waals surface area contributed by atoms with E-state index in [0.29, 0.717) is 18.1 Å². The molecule has 110 valence electrons. The van der Waals surface area contributed by atoms with Crippen molar-refractivity contribution in [3.05, 3.63) is 41.5 Å². The molecule has 0 unspecified atom stereocenters. The molecule has 1 aliphatic rings. The highest BCUT2D eigenvalue weighted by Crippen LogP contribution is 2.19. The van der Waals surface area contributed by atoms with Crippen LogP contribution in [0.3, 0.4) is 0 Å². The molecule has 1 aromatic carbocycles. The Labute approximate surface area is 117 Å². The van der Waals surface area contributed by atoms with Crippen LogP contribution in [-0.2, 0) is 6.54 Å². The number of anilines is 2. The fourth-order valence-electron chi connectivity index (χ4n) is 2.11. The highest BCUT2D eigenvalue weighted by molar-refractivity contribution is 6.03. The molecule has 3 rings (SSSR count). The Balaban J connectivity index is 1.81. The Kier molecular flexibility index (Phi) is 3.28. The average Bonchev–Trinajstić information content (AvgIpc) is 2.88. The van der Waals surface area contributed by atoms with Crippen LogP contribution in [0.25, 0.3) is 0 Å². The van der Waals surface area contributed by atoms with Crippen molar-refractivity contribution in [3.8, 4) is 0 Å². The number of amides is 1. The minimum Gasteiger partial charge on any atom is -0.356 e. The van der Waals surface area contributed by atoms with E-state index in [1.807, 2.05) is 0 Å². The molecule has 2 heterocycles. The predicted octanol–water partition coefficient (Wildman–Crippen LogP) is 2.37. The molecular weight excluding hydrogens is 285 g/mol. The molecule has 1 amide bonds. The van der Waals surface area contributed by atoms with Crippen LogP contribution >= 0.6 is 0 Å². The molecule has 2 aromatic rings. The summed E-state index contributed by atoms with van der Waals surface area (Å²) in [5.41, 5.74) is -0.0557. The lowest BCUT2D eigenvalue weighted by Crippen LogP contribution is -2.16. The first-order valence-corrected chi connectivity index (χ1v) is 6.31. The van der Waals surface area contributed by atoms with Gasteiger partial charge in [-0.25, -0.2) is 18.2 Å². The molecule has 21 heavy (non-hydrogen) atoms. The van der Waals surface area contributed by atoms with Crippen LogP contribution in [0.2, 0.25) is 0 Å². The number of nitrogens with one attached hydrogen (secondary N) is 2. The molecule has 0 saturated carbocycles. The number of hydrogen-bond donors (Lipinski definition) is 2. The molecule has 5 nitrogen and oxygen atoms in total. The Bertz CT molecular complexity index is 667. The van der Waals surface area contributed by atoms with Gasteiger partial charge in [-0.1, -0.05) is 0 Å². The van der Waals surface area contributed by atoms with Gasteiger partial charge in [-0.3, -0.25) is 4.79 Å². The molecule has 2 N–H and O–H groups in total. The first kappa shape index (κ1) is 13.5. The van der Waals surface area contributed by atoms with Crippen molar-refractivity contribution in [2.45, 2.75) is 13.0 Å². The number of aromatic nitrogens is 2. The van der Waals surface area contributed by atoms with Crippen LogP contribution in [-0.4, -0.2) is 22.0 Å². The Morgan fingerprint density at radius 3 is 2.67 bits per heavy atom. The number of fused-ring (bicyclic) bond motifs is 1. The van der Waals surface area contributed by atoms with E-state index in [1.54, 1.807) is 10.8 Å². The normalized spacial score (nSPS) is 13.5. The summed E-state index contributed by atoms with van der Waals surface area (Å²) in [5, 5.41) is 5.32. The zero-order valence-electron chi connectivity index (χ0n) is 10.8. The van der Waals surface area contributed by atoms with E-state index in [4.69, 9.17) is 0 Å². The van der Waals surface area contributed by atoms with E-state index in [-0.39, 0.29) is 11.4 Å². The standard InChI is InChI=1S/C13H11F3N4O/c14-8-4-7(5-9(15)11(8)16)18-12(21)10-6-20-3-1-2-17-13(20)19-10/h4-6H,1-3H2,(H,17,19)(H,18,21). The van der Waals surface area contributed by atoms with Gasteiger partial charge in [-0.2, -0.15) is 0 Å². The van der Waals surface area contributed by atoms with Crippen LogP contribution in [0.1, 0.15) is 16.9 Å². The lowest BCUT2D eigenvalue weighted by Gasteiger charge is -2.14. The number of hydrogen-bond acceptors (Lipinski definition) is 3. The van der Waals surface area contributed by atoms with Crippen LogP contribution < -0.4 is 10.6 Å². The zero-order valence-corrected chi connectivity index (χ0v) is 10.8. The number of halogens is 3. The van der Waals surface area contributed by atoms with Crippen LogP contribution in [0.15, 0.2) is 18.3 Å². The van der Waals surface area contributed by atoms with Crippen molar-refractivity contribution in [1.29, 1.82) is 0 Å². The Morgan fingerprint density at radius 2 is 2.00 bits per heavy atom. The fourth-order valence-corrected chi connectivity index (χ4v) is 2.11. The number of rotatable bonds is 2. The Morgan fingerprint density at radius 1 is 1.29 bits per heavy atom. The molecule has 0 aliphatic carbocycles. The largest absolute Gasteiger partial charge is 0.356 e. The number of carbonyl (C=O) groups excluding carboxylic acids is 1. The predicted molar refractivity (Wildman–Crippen MR) is 69.6 cm³/mol. The number of carbonyl (C=O) groups is 1. The number of nitrogens with zero attached hydrogens (tertiary/aromatic N) is 2. The molecule has 1 aromatic heterocycles. The molecule has 0 saturated heterocycles. The van der Waals surface area contributed by atoms with Crippen LogP contribution in [0.4, 0.5) is 24.8 Å². The van der Waals surface area contributed by atoms with Crippen LogP contribution in [0.5, 0.6) is 0 Å². The van der Waals surface area contributed by atoms with Crippen molar-refractivity contribution in [2.75, 3.05) is 17.2 Å². The van der Waals surface area contributed by atoms with Gasteiger partial charge >= 0.3 is 0 Å². The average molecular weight is 296 g/mol. The van der Waals surface area contributed by atoms with E-state index >= 15 is 0 Å². The maximum absolute atomic E-state index is 13.1. The van der Waals surface area contributed by atoms with Crippen molar-refractivity contribution in [1.82, 2.24) is 9.55 Å². The van der Waals surface area contributed by atoms with E-state index in [2.05, 4.69) is 15.6 Å². The third-order valence-corrected chi connectivity index (χ3v) is 3.11. The molecule has 8 heteroatoms. The summed E-state index contributed by atoms with van der Waals surface area (Å²) >= 11 is 0. The molecular formula is C13H11F3N4O. The summed E-state index contributed by atoms with van der Waals surface area (Å²) in [6.45, 7) is 1.51. The van der Waals surface area contributed by atoms with E-state index in [1.165, 1.54) is 0 Å². The fraction of sp³-hybridized carbons (Fsp3) is 0.231. The van der Waals surface area contributed by atoms with Gasteiger partial charge in [-0.05, 0) is 6.42 Å². The highest BCUT2D eigenvalue weighted by atomic mass is 19.2. The lowest BCUT2D eigenvalue weighted by molar-refractivity contribution is 0.102. The SMILES string of the molecule is O=C(Nc1cc(F)c(F)c(F)c1)c1cn2c(n1)NCCC2. The minimum absolute atomic E-state index is 0.115. The summed E-state index contributed by atoms with van der Waals surface area (Å²) in [5.74, 6) is -4.35. The first-order chi connectivity index (χ1) is 10.0. The van der Waals surface area contributed by atoms with Gasteiger partial charge in [0.15, 0.2) is 17.5 Å². The maximum Gasteiger partial charge on any atom is 0.275 e. The van der Waals surface area contributed by atoms with Crippen LogP contribution in [0, 0.1) is 17.5 Å². The van der Waals surface area contributed by atoms with Crippen molar-refractivity contribution in [3.63, 3.8) is 0 Å². The highest BCUT2D eigenvalue weighted by Gasteiger charge is 2.18. The summed E-state index contributed by atoms with van der Waals surface area (Å²) in [6.07, 6.45) is 2.46. The maximum atomic E-state index is 13.1. The first-order valence-electron chi connectivity index (χ1n) is 6.31. The molecule has 1 aliphatic heterocycles. The number of imidazole rings is 1. The van der Waals surface area contributed by atoms with Gasteiger partial charge in [0, 0.05) is 37.1 Å². The van der Waals surface area contributed by atoms with E-state index < -0.39 is 23.4 Å². The van der Waals surface area contributed by atoms with Gasteiger partial charge < -0.3 is 15.2 Å². The Hall–Kier alpha value is -2.51. The lowest BCUT2D eigenvalue weighted by atomic mass is 10.2. The molecule has 0 bridgehead atoms. The topological polar surface area (TPSA) is 59.0 Å². The molecule has 0 fully saturated rings. The quantitative estimate of drug-likeness (QED) is 0.836. The molecule has 0 radical (unpaired) electrons. The monoisotopic (exact) mass is 296 g/mol. The second kappa shape index (κ2) is 5.12. The number of benzene rings is 1. The van der Waals surface area contributed by atoms with Gasteiger partial charge in [-0.15, -0.1) is 0 Å². The van der Waals surface area contributed by atoms with Crippen molar-refractivity contribution < 1.29 is 18.0 Å². The minimum atomic E-state index is -1.57.